The Labute approximate surface area is 88.5 Å². The van der Waals surface area contributed by atoms with Gasteiger partial charge in [0.1, 0.15) is 18.7 Å². The van der Waals surface area contributed by atoms with Gasteiger partial charge in [-0.2, -0.15) is 17.6 Å². The fourth-order valence-electron chi connectivity index (χ4n) is 1.11. The quantitative estimate of drug-likeness (QED) is 0.628. The van der Waals surface area contributed by atoms with Gasteiger partial charge in [0, 0.05) is 12.6 Å². The van der Waals surface area contributed by atoms with Crippen molar-refractivity contribution in [2.45, 2.75) is 6.18 Å². The van der Waals surface area contributed by atoms with Crippen LogP contribution in [0.4, 0.5) is 23.4 Å². The minimum atomic E-state index is -4.45. The van der Waals surface area contributed by atoms with E-state index in [1.54, 1.807) is 0 Å². The maximum Gasteiger partial charge on any atom is 0.405 e. The summed E-state index contributed by atoms with van der Waals surface area (Å²) in [5, 5.41) is 8.62. The molecule has 4 nitrogen and oxygen atoms in total. The van der Waals surface area contributed by atoms with Gasteiger partial charge >= 0.3 is 6.18 Å². The number of hydrogen-bond donors (Lipinski definition) is 1. The number of alkyl halides is 3. The molecule has 0 unspecified atom stereocenters. The molecule has 1 heterocycles. The topological polar surface area (TPSA) is 49.2 Å². The number of hydrogen-bond acceptors (Lipinski definition) is 4. The monoisotopic (exact) mass is 239 g/mol. The Balaban J connectivity index is 2.85. The number of rotatable bonds is 4. The lowest BCUT2D eigenvalue weighted by Crippen LogP contribution is -2.36. The van der Waals surface area contributed by atoms with Crippen LogP contribution >= 0.6 is 0 Å². The van der Waals surface area contributed by atoms with Crippen molar-refractivity contribution in [3.8, 4) is 0 Å². The summed E-state index contributed by atoms with van der Waals surface area (Å²) in [5.74, 6) is -1.13. The summed E-state index contributed by atoms with van der Waals surface area (Å²) in [6, 6.07) is 0.779. The van der Waals surface area contributed by atoms with Crippen LogP contribution in [0.2, 0.25) is 0 Å². The van der Waals surface area contributed by atoms with E-state index in [0.717, 1.165) is 17.3 Å². The first kappa shape index (κ1) is 12.6. The average Bonchev–Trinajstić information content (AvgIpc) is 2.15. The lowest BCUT2D eigenvalue weighted by atomic mass is 10.4. The van der Waals surface area contributed by atoms with Crippen LogP contribution in [0.25, 0.3) is 0 Å². The van der Waals surface area contributed by atoms with Crippen molar-refractivity contribution < 1.29 is 22.7 Å². The van der Waals surface area contributed by atoms with Gasteiger partial charge in [0.05, 0.1) is 6.61 Å². The second-order valence-corrected chi connectivity index (χ2v) is 2.96. The maximum atomic E-state index is 12.7. The average molecular weight is 239 g/mol. The van der Waals surface area contributed by atoms with E-state index in [2.05, 4.69) is 9.97 Å². The smallest absolute Gasteiger partial charge is 0.395 e. The molecule has 0 aliphatic rings. The van der Waals surface area contributed by atoms with Gasteiger partial charge in [-0.25, -0.2) is 9.97 Å². The van der Waals surface area contributed by atoms with Gasteiger partial charge in [0.25, 0.3) is 0 Å². The Morgan fingerprint density at radius 2 is 2.00 bits per heavy atom. The maximum absolute atomic E-state index is 12.7. The van der Waals surface area contributed by atoms with Crippen LogP contribution < -0.4 is 4.90 Å². The zero-order valence-corrected chi connectivity index (χ0v) is 8.08. The van der Waals surface area contributed by atoms with Crippen molar-refractivity contribution in [3.05, 3.63) is 18.3 Å². The predicted molar refractivity (Wildman–Crippen MR) is 47.3 cm³/mol. The number of nitrogens with zero attached hydrogens (tertiary/aromatic N) is 3. The van der Waals surface area contributed by atoms with Crippen molar-refractivity contribution in [2.75, 3.05) is 24.6 Å². The van der Waals surface area contributed by atoms with E-state index in [1.165, 1.54) is 0 Å². The molecular formula is C8H9F4N3O. The Hall–Kier alpha value is -1.44. The summed E-state index contributed by atoms with van der Waals surface area (Å²) in [7, 11) is 0. The molecule has 1 N–H and O–H groups in total. The molecule has 90 valence electrons. The van der Waals surface area contributed by atoms with Crippen LogP contribution in [0, 0.1) is 5.95 Å². The van der Waals surface area contributed by atoms with E-state index in [4.69, 9.17) is 5.11 Å². The highest BCUT2D eigenvalue weighted by Gasteiger charge is 2.31. The fourth-order valence-corrected chi connectivity index (χ4v) is 1.11. The molecule has 0 bridgehead atoms. The fraction of sp³-hybridized carbons (Fsp3) is 0.500. The SMILES string of the molecule is OCCN(CC(F)(F)F)c1cc(F)ncn1. The molecule has 1 aromatic rings. The standard InChI is InChI=1S/C8H9F4N3O/c9-6-3-7(14-5-13-6)15(1-2-16)4-8(10,11)12/h3,5,16H,1-2,4H2. The molecule has 16 heavy (non-hydrogen) atoms. The summed E-state index contributed by atoms with van der Waals surface area (Å²) in [4.78, 5) is 7.36. The summed E-state index contributed by atoms with van der Waals surface area (Å²) in [6.07, 6.45) is -3.62. The second-order valence-electron chi connectivity index (χ2n) is 2.96. The molecule has 1 rings (SSSR count). The molecular weight excluding hydrogens is 230 g/mol. The van der Waals surface area contributed by atoms with Crippen molar-refractivity contribution in [1.29, 1.82) is 0 Å². The van der Waals surface area contributed by atoms with Gasteiger partial charge in [-0.3, -0.25) is 0 Å². The van der Waals surface area contributed by atoms with Crippen LogP contribution in [-0.4, -0.2) is 40.9 Å². The van der Waals surface area contributed by atoms with Crippen molar-refractivity contribution in [3.63, 3.8) is 0 Å². The molecule has 0 radical (unpaired) electrons. The van der Waals surface area contributed by atoms with Crippen LogP contribution in [0.5, 0.6) is 0 Å². The largest absolute Gasteiger partial charge is 0.405 e. The normalized spacial score (nSPS) is 11.6. The van der Waals surface area contributed by atoms with Crippen LogP contribution in [-0.2, 0) is 0 Å². The van der Waals surface area contributed by atoms with E-state index < -0.39 is 25.3 Å². The molecule has 8 heteroatoms. The molecule has 0 aliphatic carbocycles. The van der Waals surface area contributed by atoms with E-state index in [1.807, 2.05) is 0 Å². The van der Waals surface area contributed by atoms with E-state index in [0.29, 0.717) is 0 Å². The van der Waals surface area contributed by atoms with Gasteiger partial charge in [0.2, 0.25) is 5.95 Å². The summed E-state index contributed by atoms with van der Waals surface area (Å²) in [5.41, 5.74) is 0. The highest BCUT2D eigenvalue weighted by atomic mass is 19.4. The molecule has 0 amide bonds. The van der Waals surface area contributed by atoms with E-state index in [-0.39, 0.29) is 12.4 Å². The number of halogens is 4. The third-order valence-electron chi connectivity index (χ3n) is 1.68. The molecule has 0 aromatic carbocycles. The molecule has 0 aliphatic heterocycles. The molecule has 0 atom stereocenters. The number of aromatic nitrogens is 2. The minimum absolute atomic E-state index is 0.209. The zero-order chi connectivity index (χ0) is 12.2. The number of aliphatic hydroxyl groups excluding tert-OH is 1. The van der Waals surface area contributed by atoms with Gasteiger partial charge in [-0.05, 0) is 0 Å². The highest BCUT2D eigenvalue weighted by Crippen LogP contribution is 2.20. The Morgan fingerprint density at radius 3 is 2.50 bits per heavy atom. The van der Waals surface area contributed by atoms with Crippen molar-refractivity contribution >= 4 is 5.82 Å². The van der Waals surface area contributed by atoms with Crippen LogP contribution in [0.15, 0.2) is 12.4 Å². The lowest BCUT2D eigenvalue weighted by molar-refractivity contribution is -0.120. The second kappa shape index (κ2) is 5.06. The Kier molecular flexibility index (Phi) is 3.99. The van der Waals surface area contributed by atoms with E-state index >= 15 is 0 Å². The highest BCUT2D eigenvalue weighted by molar-refractivity contribution is 5.37. The third kappa shape index (κ3) is 3.97. The number of aliphatic hydroxyl groups is 1. The molecule has 0 saturated carbocycles. The van der Waals surface area contributed by atoms with Gasteiger partial charge in [0.15, 0.2) is 0 Å². The minimum Gasteiger partial charge on any atom is -0.395 e. The summed E-state index contributed by atoms with van der Waals surface area (Å²) >= 11 is 0. The third-order valence-corrected chi connectivity index (χ3v) is 1.68. The van der Waals surface area contributed by atoms with E-state index in [9.17, 15) is 17.6 Å². The lowest BCUT2D eigenvalue weighted by Gasteiger charge is -2.23. The first-order valence-corrected chi connectivity index (χ1v) is 4.32. The van der Waals surface area contributed by atoms with Gasteiger partial charge in [-0.1, -0.05) is 0 Å². The van der Waals surface area contributed by atoms with Gasteiger partial charge in [-0.15, -0.1) is 0 Å². The first-order valence-electron chi connectivity index (χ1n) is 4.32. The van der Waals surface area contributed by atoms with Crippen molar-refractivity contribution in [1.82, 2.24) is 9.97 Å². The zero-order valence-electron chi connectivity index (χ0n) is 8.08. The Bertz CT molecular complexity index is 344. The molecule has 0 fully saturated rings. The summed E-state index contributed by atoms with van der Waals surface area (Å²) in [6.45, 7) is -2.07. The molecule has 1 aromatic heterocycles. The van der Waals surface area contributed by atoms with Crippen LogP contribution in [0.3, 0.4) is 0 Å². The predicted octanol–water partition coefficient (Wildman–Crippen LogP) is 0.977. The van der Waals surface area contributed by atoms with Gasteiger partial charge < -0.3 is 10.0 Å². The molecule has 0 spiro atoms. The molecule has 0 saturated heterocycles. The van der Waals surface area contributed by atoms with Crippen molar-refractivity contribution in [2.24, 2.45) is 0 Å². The number of anilines is 1. The summed E-state index contributed by atoms with van der Waals surface area (Å²) < 4.78 is 49.1. The first-order chi connectivity index (χ1) is 7.42. The van der Waals surface area contributed by atoms with Crippen LogP contribution in [0.1, 0.15) is 0 Å². The Morgan fingerprint density at radius 1 is 1.31 bits per heavy atom.